The summed E-state index contributed by atoms with van der Waals surface area (Å²) in [6.45, 7) is 6.16. The number of alkyl halides is 3. The second kappa shape index (κ2) is 6.30. The number of halogens is 3. The molecule has 176 valence electrons. The molecule has 0 radical (unpaired) electrons. The predicted octanol–water partition coefficient (Wildman–Crippen LogP) is 3.88. The van der Waals surface area contributed by atoms with E-state index in [0.29, 0.717) is 47.2 Å². The Bertz CT molecular complexity index is 1140. The molecule has 2 aliphatic heterocycles. The second-order valence-electron chi connectivity index (χ2n) is 10.7. The Morgan fingerprint density at radius 3 is 2.73 bits per heavy atom. The topological polar surface area (TPSA) is 69.2 Å². The molecule has 2 aromatic heterocycles. The van der Waals surface area contributed by atoms with Gasteiger partial charge in [0, 0.05) is 47.5 Å². The van der Waals surface area contributed by atoms with E-state index in [0.717, 1.165) is 32.1 Å². The SMILES string of the molecule is CCC(C)n1nc(-c2cnc(N)c(C(F)(F)F)c2)cc1C12C3CC(N4CC5CC4CO5)C1C32. The van der Waals surface area contributed by atoms with Crippen LogP contribution in [0.2, 0.25) is 0 Å². The lowest BCUT2D eigenvalue weighted by atomic mass is 9.99. The average Bonchev–Trinajstić information content (AvgIpc) is 3.29. The lowest BCUT2D eigenvalue weighted by Crippen LogP contribution is -2.44. The quantitative estimate of drug-likeness (QED) is 0.735. The molecule has 4 saturated carbocycles. The van der Waals surface area contributed by atoms with Crippen LogP contribution >= 0.6 is 0 Å². The van der Waals surface area contributed by atoms with Crippen LogP contribution in [0.15, 0.2) is 18.3 Å². The standard InChI is InChI=1S/C24H28F3N5O/c1-3-11(2)32-19(7-17(30-32)12-4-16(24(25,26)27)22(28)29-8-12)23-15-6-18(21(23)20(15)23)31-9-14-5-13(31)10-33-14/h4,7-8,11,13-15,18,20-21H,3,5-6,9-10H2,1-2H3,(H2,28,29). The number of morpholine rings is 1. The Morgan fingerprint density at radius 2 is 2.09 bits per heavy atom. The molecule has 2 aromatic rings. The first kappa shape index (κ1) is 20.3. The second-order valence-corrected chi connectivity index (χ2v) is 10.7. The summed E-state index contributed by atoms with van der Waals surface area (Å²) >= 11 is 0. The molecule has 4 heterocycles. The number of likely N-dealkylation sites (tertiary alicyclic amines) is 1. The van der Waals surface area contributed by atoms with Crippen LogP contribution in [0.5, 0.6) is 0 Å². The van der Waals surface area contributed by atoms with Gasteiger partial charge in [0.15, 0.2) is 0 Å². The highest BCUT2D eigenvalue weighted by molar-refractivity contribution is 5.65. The van der Waals surface area contributed by atoms with Crippen LogP contribution in [0.4, 0.5) is 19.0 Å². The van der Waals surface area contributed by atoms with Crippen LogP contribution in [0, 0.1) is 17.8 Å². The Hall–Kier alpha value is -2.13. The van der Waals surface area contributed by atoms with E-state index in [1.54, 1.807) is 0 Å². The van der Waals surface area contributed by atoms with E-state index in [9.17, 15) is 13.2 Å². The van der Waals surface area contributed by atoms with Gasteiger partial charge < -0.3 is 10.5 Å². The van der Waals surface area contributed by atoms with Crippen LogP contribution in [0.3, 0.4) is 0 Å². The fourth-order valence-corrected chi connectivity index (χ4v) is 7.58. The van der Waals surface area contributed by atoms with Crippen molar-refractivity contribution in [3.05, 3.63) is 29.6 Å². The number of nitrogens with zero attached hydrogens (tertiary/aromatic N) is 4. The summed E-state index contributed by atoms with van der Waals surface area (Å²) in [5.41, 5.74) is 6.91. The lowest BCUT2D eigenvalue weighted by molar-refractivity contribution is -0.137. The average molecular weight is 460 g/mol. The van der Waals surface area contributed by atoms with E-state index in [-0.39, 0.29) is 11.5 Å². The van der Waals surface area contributed by atoms with Crippen LogP contribution in [0.25, 0.3) is 11.3 Å². The summed E-state index contributed by atoms with van der Waals surface area (Å²) < 4.78 is 48.2. The van der Waals surface area contributed by atoms with Gasteiger partial charge in [-0.3, -0.25) is 9.58 Å². The molecule has 6 nitrogen and oxygen atoms in total. The molecule has 2 N–H and O–H groups in total. The number of rotatable bonds is 5. The Morgan fingerprint density at radius 1 is 1.27 bits per heavy atom. The number of ether oxygens (including phenoxy) is 1. The van der Waals surface area contributed by atoms with Gasteiger partial charge in [-0.1, -0.05) is 6.92 Å². The highest BCUT2D eigenvalue weighted by atomic mass is 19.4. The number of hydrogen-bond acceptors (Lipinski definition) is 5. The molecule has 33 heavy (non-hydrogen) atoms. The zero-order chi connectivity index (χ0) is 22.9. The van der Waals surface area contributed by atoms with Gasteiger partial charge >= 0.3 is 6.18 Å². The van der Waals surface area contributed by atoms with Crippen molar-refractivity contribution in [1.29, 1.82) is 0 Å². The van der Waals surface area contributed by atoms with Crippen molar-refractivity contribution in [2.75, 3.05) is 18.9 Å². The van der Waals surface area contributed by atoms with E-state index in [4.69, 9.17) is 15.6 Å². The van der Waals surface area contributed by atoms with Gasteiger partial charge in [0.1, 0.15) is 5.82 Å². The smallest absolute Gasteiger partial charge is 0.383 e. The largest absolute Gasteiger partial charge is 0.419 e. The van der Waals surface area contributed by atoms with Crippen molar-refractivity contribution >= 4 is 5.82 Å². The van der Waals surface area contributed by atoms with E-state index < -0.39 is 17.6 Å². The summed E-state index contributed by atoms with van der Waals surface area (Å²) in [7, 11) is 0. The third kappa shape index (κ3) is 2.52. The van der Waals surface area contributed by atoms with Gasteiger partial charge in [-0.25, -0.2) is 4.98 Å². The maximum absolute atomic E-state index is 13.4. The molecule has 9 heteroatoms. The fourth-order valence-electron chi connectivity index (χ4n) is 7.58. The molecule has 0 amide bonds. The van der Waals surface area contributed by atoms with E-state index in [1.807, 2.05) is 6.07 Å². The Labute approximate surface area is 190 Å². The van der Waals surface area contributed by atoms with Crippen LogP contribution in [-0.2, 0) is 16.3 Å². The first-order chi connectivity index (χ1) is 15.7. The maximum Gasteiger partial charge on any atom is 0.419 e. The van der Waals surface area contributed by atoms with Gasteiger partial charge in [0.2, 0.25) is 0 Å². The molecule has 8 rings (SSSR count). The van der Waals surface area contributed by atoms with Crippen LogP contribution in [0.1, 0.15) is 50.4 Å². The van der Waals surface area contributed by atoms with Crippen molar-refractivity contribution in [1.82, 2.24) is 19.7 Å². The molecule has 0 aromatic carbocycles. The summed E-state index contributed by atoms with van der Waals surface area (Å²) in [4.78, 5) is 6.53. The molecular formula is C24H28F3N5O. The molecule has 6 aliphatic rings. The van der Waals surface area contributed by atoms with Crippen molar-refractivity contribution < 1.29 is 17.9 Å². The van der Waals surface area contributed by atoms with Crippen molar-refractivity contribution in [3.63, 3.8) is 0 Å². The molecule has 2 saturated heterocycles. The first-order valence-electron chi connectivity index (χ1n) is 12.1. The number of anilines is 1. The van der Waals surface area contributed by atoms with Gasteiger partial charge in [-0.15, -0.1) is 0 Å². The number of pyridine rings is 1. The van der Waals surface area contributed by atoms with Gasteiger partial charge in [0.05, 0.1) is 24.0 Å². The molecule has 0 spiro atoms. The van der Waals surface area contributed by atoms with E-state index in [2.05, 4.69) is 28.4 Å². The van der Waals surface area contributed by atoms with Gasteiger partial charge in [-0.2, -0.15) is 18.3 Å². The van der Waals surface area contributed by atoms with Crippen LogP contribution < -0.4 is 5.73 Å². The van der Waals surface area contributed by atoms with Crippen LogP contribution in [-0.4, -0.2) is 51.0 Å². The molecule has 4 bridgehead atoms. The monoisotopic (exact) mass is 459 g/mol. The molecule has 8 unspecified atom stereocenters. The van der Waals surface area contributed by atoms with E-state index >= 15 is 0 Å². The van der Waals surface area contributed by atoms with Crippen molar-refractivity contribution in [3.8, 4) is 11.3 Å². The zero-order valence-electron chi connectivity index (χ0n) is 18.7. The lowest BCUT2D eigenvalue weighted by Gasteiger charge is -2.32. The van der Waals surface area contributed by atoms with Gasteiger partial charge in [-0.05, 0) is 56.1 Å². The number of aromatic nitrogens is 3. The van der Waals surface area contributed by atoms with E-state index in [1.165, 1.54) is 18.3 Å². The minimum atomic E-state index is -4.54. The predicted molar refractivity (Wildman–Crippen MR) is 115 cm³/mol. The zero-order valence-corrected chi connectivity index (χ0v) is 18.7. The third-order valence-corrected chi connectivity index (χ3v) is 9.30. The number of nitrogen functional groups attached to an aromatic ring is 1. The molecular weight excluding hydrogens is 431 g/mol. The normalized spacial score (nSPS) is 39.2. The third-order valence-electron chi connectivity index (χ3n) is 9.30. The summed E-state index contributed by atoms with van der Waals surface area (Å²) in [6, 6.07) is 4.48. The first-order valence-corrected chi connectivity index (χ1v) is 12.1. The Kier molecular flexibility index (Phi) is 3.87. The highest BCUT2D eigenvalue weighted by Gasteiger charge is 2.93. The minimum Gasteiger partial charge on any atom is -0.383 e. The highest BCUT2D eigenvalue weighted by Crippen LogP contribution is 2.91. The number of fused-ring (bicyclic) bond motifs is 3. The maximum atomic E-state index is 13.4. The molecule has 6 fully saturated rings. The molecule has 4 aliphatic carbocycles. The summed E-state index contributed by atoms with van der Waals surface area (Å²) in [6.07, 6.45) is 0.557. The summed E-state index contributed by atoms with van der Waals surface area (Å²) in [5.74, 6) is 1.52. The number of hydrogen-bond donors (Lipinski definition) is 1. The summed E-state index contributed by atoms with van der Waals surface area (Å²) in [5, 5.41) is 4.83. The minimum absolute atomic E-state index is 0.163. The van der Waals surface area contributed by atoms with Crippen molar-refractivity contribution in [2.45, 2.75) is 68.9 Å². The Balaban J connectivity index is 1.24. The van der Waals surface area contributed by atoms with Crippen molar-refractivity contribution in [2.24, 2.45) is 17.8 Å². The fraction of sp³-hybridized carbons (Fsp3) is 0.667. The number of nitrogens with two attached hydrogens (primary N) is 1. The molecule has 8 atom stereocenters. The van der Waals surface area contributed by atoms with Gasteiger partial charge in [0.25, 0.3) is 0 Å².